The van der Waals surface area contributed by atoms with Crippen molar-refractivity contribution < 1.29 is 32.9 Å². The number of hydrogen-bond donors (Lipinski definition) is 1. The first-order valence-corrected chi connectivity index (χ1v) is 19.7. The lowest BCUT2D eigenvalue weighted by Crippen LogP contribution is -2.68. The zero-order valence-corrected chi connectivity index (χ0v) is 31.8. The van der Waals surface area contributed by atoms with Gasteiger partial charge in [-0.2, -0.15) is 0 Å². The number of rotatable bonds is 14. The Kier molecular flexibility index (Phi) is 13.5. The molecule has 4 aromatic carbocycles. The van der Waals surface area contributed by atoms with Gasteiger partial charge in [-0.25, -0.2) is 0 Å². The first-order chi connectivity index (χ1) is 24.5. The third-order valence-corrected chi connectivity index (χ3v) is 14.2. The molecule has 5 atom stereocenters. The number of benzene rings is 4. The standard InChI is InChI=1S/C40H45Cl2NO7Si/c1-28(44)48-36-35(46-26-30-19-11-6-12-20-30)34(45-25-29-17-9-5-10-18-29)33(49-39(36)50-38(43)37(41)42)27-47-51(40(2,3)4,31-21-13-7-14-22-31)32-23-15-8-16-24-32/h5-24,33-37,39,43H,25-27H2,1-4H3. The van der Waals surface area contributed by atoms with E-state index in [4.69, 9.17) is 56.7 Å². The van der Waals surface area contributed by atoms with Crippen LogP contribution in [0.4, 0.5) is 0 Å². The van der Waals surface area contributed by atoms with Gasteiger partial charge in [0.2, 0.25) is 12.2 Å². The quantitative estimate of drug-likeness (QED) is 0.0480. The minimum Gasteiger partial charge on any atom is -0.453 e. The van der Waals surface area contributed by atoms with E-state index in [0.717, 1.165) is 21.5 Å². The van der Waals surface area contributed by atoms with Crippen molar-refractivity contribution in [3.05, 3.63) is 132 Å². The minimum absolute atomic E-state index is 0.0586. The Labute approximate surface area is 311 Å². The summed E-state index contributed by atoms with van der Waals surface area (Å²) in [6, 6.07) is 40.0. The van der Waals surface area contributed by atoms with E-state index in [1.54, 1.807) is 0 Å². The number of nitrogens with one attached hydrogen (secondary N) is 1. The molecule has 1 aliphatic heterocycles. The van der Waals surface area contributed by atoms with Gasteiger partial charge in [0.1, 0.15) is 18.3 Å². The molecule has 0 aliphatic carbocycles. The van der Waals surface area contributed by atoms with Gasteiger partial charge in [-0.05, 0) is 26.5 Å². The van der Waals surface area contributed by atoms with Crippen LogP contribution in [0.25, 0.3) is 0 Å². The van der Waals surface area contributed by atoms with E-state index in [1.807, 2.05) is 97.1 Å². The summed E-state index contributed by atoms with van der Waals surface area (Å²) < 4.78 is 39.0. The van der Waals surface area contributed by atoms with Crippen LogP contribution in [0.15, 0.2) is 121 Å². The number of halogens is 2. The van der Waals surface area contributed by atoms with Gasteiger partial charge in [-0.3, -0.25) is 10.2 Å². The largest absolute Gasteiger partial charge is 0.453 e. The van der Waals surface area contributed by atoms with Gasteiger partial charge < -0.3 is 28.1 Å². The molecule has 1 saturated heterocycles. The van der Waals surface area contributed by atoms with E-state index in [2.05, 4.69) is 45.0 Å². The molecule has 1 N–H and O–H groups in total. The molecule has 51 heavy (non-hydrogen) atoms. The first-order valence-electron chi connectivity index (χ1n) is 16.9. The Bertz CT molecular complexity index is 1640. The molecule has 8 nitrogen and oxygen atoms in total. The van der Waals surface area contributed by atoms with Gasteiger partial charge in [-0.1, -0.05) is 165 Å². The lowest BCUT2D eigenvalue weighted by molar-refractivity contribution is -0.303. The molecular formula is C40H45Cl2NO7Si. The molecule has 1 aliphatic rings. The Balaban J connectivity index is 1.59. The van der Waals surface area contributed by atoms with Crippen molar-refractivity contribution in [2.24, 2.45) is 0 Å². The molecule has 0 amide bonds. The second-order valence-corrected chi connectivity index (χ2v) is 18.8. The second-order valence-electron chi connectivity index (χ2n) is 13.4. The molecule has 0 aromatic heterocycles. The topological polar surface area (TPSA) is 96.3 Å². The maximum atomic E-state index is 12.6. The molecule has 4 aromatic rings. The lowest BCUT2D eigenvalue weighted by Gasteiger charge is -2.47. The average molecular weight is 751 g/mol. The van der Waals surface area contributed by atoms with Crippen LogP contribution in [-0.2, 0) is 46.1 Å². The van der Waals surface area contributed by atoms with Crippen LogP contribution in [0.2, 0.25) is 5.04 Å². The highest BCUT2D eigenvalue weighted by Gasteiger charge is 2.54. The number of carbonyl (C=O) groups excluding carboxylic acids is 1. The van der Waals surface area contributed by atoms with Crippen molar-refractivity contribution >= 4 is 53.8 Å². The fraction of sp³-hybridized carbons (Fsp3) is 0.350. The highest BCUT2D eigenvalue weighted by Crippen LogP contribution is 2.38. The van der Waals surface area contributed by atoms with E-state index in [-0.39, 0.29) is 24.9 Å². The van der Waals surface area contributed by atoms with E-state index in [9.17, 15) is 4.79 Å². The van der Waals surface area contributed by atoms with Crippen molar-refractivity contribution in [1.82, 2.24) is 0 Å². The van der Waals surface area contributed by atoms with Crippen molar-refractivity contribution in [2.45, 2.75) is 81.5 Å². The Morgan fingerprint density at radius 1 is 0.725 bits per heavy atom. The predicted octanol–water partition coefficient (Wildman–Crippen LogP) is 7.19. The third-order valence-electron chi connectivity index (χ3n) is 8.79. The second kappa shape index (κ2) is 17.8. The summed E-state index contributed by atoms with van der Waals surface area (Å²) in [4.78, 5) is 11.3. The van der Waals surface area contributed by atoms with Crippen molar-refractivity contribution in [1.29, 1.82) is 5.41 Å². The van der Waals surface area contributed by atoms with Gasteiger partial charge in [0.15, 0.2) is 10.9 Å². The molecular weight excluding hydrogens is 705 g/mol. The summed E-state index contributed by atoms with van der Waals surface area (Å²) in [7, 11) is -3.05. The highest BCUT2D eigenvalue weighted by atomic mass is 35.5. The minimum atomic E-state index is -3.05. The zero-order chi connectivity index (χ0) is 36.4. The molecule has 0 spiro atoms. The molecule has 5 rings (SSSR count). The average Bonchev–Trinajstić information content (AvgIpc) is 3.12. The summed E-state index contributed by atoms with van der Waals surface area (Å²) in [5.74, 6) is -1.05. The molecule has 0 saturated carbocycles. The Morgan fingerprint density at radius 3 is 1.61 bits per heavy atom. The van der Waals surface area contributed by atoms with Crippen LogP contribution >= 0.6 is 23.2 Å². The molecule has 270 valence electrons. The normalized spacial score (nSPS) is 20.9. The summed E-state index contributed by atoms with van der Waals surface area (Å²) in [6.07, 6.45) is -5.01. The summed E-state index contributed by atoms with van der Waals surface area (Å²) in [6.45, 7) is 8.33. The van der Waals surface area contributed by atoms with Crippen LogP contribution in [0.1, 0.15) is 38.8 Å². The molecule has 0 bridgehead atoms. The van der Waals surface area contributed by atoms with Gasteiger partial charge in [-0.15, -0.1) is 0 Å². The summed E-state index contributed by atoms with van der Waals surface area (Å²) in [5, 5.41) is 10.2. The van der Waals surface area contributed by atoms with Crippen LogP contribution in [0, 0.1) is 5.41 Å². The number of hydrogen-bond acceptors (Lipinski definition) is 8. The summed E-state index contributed by atoms with van der Waals surface area (Å²) >= 11 is 12.1. The Hall–Kier alpha value is -3.54. The highest BCUT2D eigenvalue weighted by molar-refractivity contribution is 6.99. The molecule has 0 radical (unpaired) electrons. The molecule has 1 fully saturated rings. The smallest absolute Gasteiger partial charge is 0.303 e. The maximum Gasteiger partial charge on any atom is 0.303 e. The van der Waals surface area contributed by atoms with Gasteiger partial charge >= 0.3 is 5.97 Å². The predicted molar refractivity (Wildman–Crippen MR) is 202 cm³/mol. The van der Waals surface area contributed by atoms with E-state index in [1.165, 1.54) is 6.92 Å². The molecule has 5 unspecified atom stereocenters. The van der Waals surface area contributed by atoms with E-state index in [0.29, 0.717) is 0 Å². The maximum absolute atomic E-state index is 12.6. The SMILES string of the molecule is CC(=O)OC1C(OC(=N)C(Cl)Cl)OC(CO[Si](c2ccccc2)(c2ccccc2)C(C)(C)C)C(OCc2ccccc2)C1OCc1ccccc1. The van der Waals surface area contributed by atoms with Gasteiger partial charge in [0, 0.05) is 6.92 Å². The van der Waals surface area contributed by atoms with Gasteiger partial charge in [0.05, 0.1) is 19.8 Å². The lowest BCUT2D eigenvalue weighted by atomic mass is 9.98. The van der Waals surface area contributed by atoms with Crippen LogP contribution in [0.3, 0.4) is 0 Å². The van der Waals surface area contributed by atoms with E-state index >= 15 is 0 Å². The number of carbonyl (C=O) groups is 1. The van der Waals surface area contributed by atoms with Crippen molar-refractivity contribution in [2.75, 3.05) is 6.61 Å². The van der Waals surface area contributed by atoms with E-state index < -0.39 is 55.7 Å². The zero-order valence-electron chi connectivity index (χ0n) is 29.2. The number of ether oxygens (including phenoxy) is 5. The monoisotopic (exact) mass is 749 g/mol. The van der Waals surface area contributed by atoms with Crippen LogP contribution in [0.5, 0.6) is 0 Å². The Morgan fingerprint density at radius 2 is 1.18 bits per heavy atom. The van der Waals surface area contributed by atoms with Crippen LogP contribution in [-0.4, -0.2) is 62.3 Å². The fourth-order valence-corrected chi connectivity index (χ4v) is 11.2. The first kappa shape index (κ1) is 38.7. The number of esters is 1. The fourth-order valence-electron chi connectivity index (χ4n) is 6.49. The van der Waals surface area contributed by atoms with Crippen LogP contribution < -0.4 is 10.4 Å². The van der Waals surface area contributed by atoms with Gasteiger partial charge in [0.25, 0.3) is 8.32 Å². The third kappa shape index (κ3) is 9.67. The molecule has 1 heterocycles. The van der Waals surface area contributed by atoms with Crippen molar-refractivity contribution in [3.63, 3.8) is 0 Å². The summed E-state index contributed by atoms with van der Waals surface area (Å²) in [5.41, 5.74) is 1.83. The molecule has 11 heteroatoms. The number of alkyl halides is 2. The van der Waals surface area contributed by atoms with Crippen molar-refractivity contribution in [3.8, 4) is 0 Å².